The minimum atomic E-state index is -1.33. The Morgan fingerprint density at radius 2 is 1.38 bits per heavy atom. The smallest absolute Gasteiger partial charge is 0.520 e. The van der Waals surface area contributed by atoms with Gasteiger partial charge in [0.1, 0.15) is 5.58 Å². The van der Waals surface area contributed by atoms with E-state index in [4.69, 9.17) is 9.52 Å². The van der Waals surface area contributed by atoms with E-state index in [-0.39, 0.29) is 43.3 Å². The van der Waals surface area contributed by atoms with E-state index in [1.165, 1.54) is 39.1 Å². The summed E-state index contributed by atoms with van der Waals surface area (Å²) in [6.45, 7) is 19.8. The molecule has 3 heterocycles. The van der Waals surface area contributed by atoms with Crippen molar-refractivity contribution in [3.63, 3.8) is 0 Å². The molecule has 68 heavy (non-hydrogen) atoms. The average Bonchev–Trinajstić information content (AvgIpc) is 3.71. The molecule has 0 bridgehead atoms. The Labute approximate surface area is 414 Å². The number of aryl methyl sites for hydroxylation is 2. The molecule has 9 heteroatoms. The summed E-state index contributed by atoms with van der Waals surface area (Å²) in [5.74, 6) is -0.426. The first-order valence-electron chi connectivity index (χ1n) is 22.7. The summed E-state index contributed by atoms with van der Waals surface area (Å²) in [4.78, 5) is 21.6. The second kappa shape index (κ2) is 20.6. The van der Waals surface area contributed by atoms with Gasteiger partial charge in [0.05, 0.1) is 8.07 Å². The number of hydrogen-bond acceptors (Lipinski definition) is 4. The Morgan fingerprint density at radius 3 is 1.96 bits per heavy atom. The molecule has 0 amide bonds. The SMILES string of the molecule is C[Si](C)(C)c1ccc(-c2[c-]cc(C(=O)O)cc2)nc1.Cc1cc(C(C)C)c(N(C(=[N-])c2[c-]ccc3c2oc2cc(-c4ccc(-c5ccccc5)cc4)ccc23)c2ccncc2C)c(C(C)C)c1.[Ir+3]. The van der Waals surface area contributed by atoms with Gasteiger partial charge in [-0.3, -0.25) is 9.78 Å². The number of fused-ring (bicyclic) bond motifs is 3. The van der Waals surface area contributed by atoms with Crippen LogP contribution in [0.1, 0.15) is 77.7 Å². The number of carboxylic acids is 1. The van der Waals surface area contributed by atoms with Crippen LogP contribution in [0.4, 0.5) is 11.4 Å². The van der Waals surface area contributed by atoms with Crippen LogP contribution in [0.5, 0.6) is 0 Å². The molecule has 0 aliphatic carbocycles. The van der Waals surface area contributed by atoms with Gasteiger partial charge >= 0.3 is 20.1 Å². The zero-order chi connectivity index (χ0) is 47.6. The van der Waals surface area contributed by atoms with Crippen LogP contribution in [0.3, 0.4) is 0 Å². The summed E-state index contributed by atoms with van der Waals surface area (Å²) in [5, 5.41) is 24.6. The third-order valence-corrected chi connectivity index (χ3v) is 14.2. The van der Waals surface area contributed by atoms with Crippen LogP contribution in [0.25, 0.3) is 60.9 Å². The molecule has 0 atom stereocenters. The van der Waals surface area contributed by atoms with E-state index in [9.17, 15) is 10.2 Å². The first-order chi connectivity index (χ1) is 32.1. The summed E-state index contributed by atoms with van der Waals surface area (Å²) < 4.78 is 6.64. The Bertz CT molecular complexity index is 3200. The topological polar surface area (TPSA) is 102 Å². The number of amidine groups is 1. The molecule has 0 fully saturated rings. The molecule has 0 saturated carbocycles. The zero-order valence-corrected chi connectivity index (χ0v) is 43.4. The molecule has 3 aromatic heterocycles. The van der Waals surface area contributed by atoms with Crippen LogP contribution >= 0.6 is 0 Å². The molecule has 7 nitrogen and oxygen atoms in total. The van der Waals surface area contributed by atoms with Crippen molar-refractivity contribution in [3.8, 4) is 33.5 Å². The normalized spacial score (nSPS) is 11.3. The number of hydrogen-bond donors (Lipinski definition) is 1. The van der Waals surface area contributed by atoms with Gasteiger partial charge in [0.15, 0.2) is 0 Å². The number of nitrogens with zero attached hydrogens (tertiary/aromatic N) is 4. The van der Waals surface area contributed by atoms with E-state index < -0.39 is 14.0 Å². The fourth-order valence-corrected chi connectivity index (χ4v) is 9.47. The van der Waals surface area contributed by atoms with Gasteiger partial charge in [-0.2, -0.15) is 0 Å². The Kier molecular flexibility index (Phi) is 14.9. The Morgan fingerprint density at radius 1 is 0.735 bits per heavy atom. The van der Waals surface area contributed by atoms with Crippen molar-refractivity contribution in [2.45, 2.75) is 73.0 Å². The van der Waals surface area contributed by atoms with Crippen LogP contribution in [-0.2, 0) is 20.1 Å². The predicted molar refractivity (Wildman–Crippen MR) is 280 cm³/mol. The Balaban J connectivity index is 0.000000288. The number of aromatic carboxylic acids is 1. The van der Waals surface area contributed by atoms with Crippen LogP contribution < -0.4 is 10.1 Å². The van der Waals surface area contributed by atoms with Crippen LogP contribution in [0.15, 0.2) is 156 Å². The fourth-order valence-electron chi connectivity index (χ4n) is 8.43. The van der Waals surface area contributed by atoms with Gasteiger partial charge < -0.3 is 24.8 Å². The number of furan rings is 1. The molecule has 1 N–H and O–H groups in total. The number of carboxylic acid groups (broad SMARTS) is 1. The van der Waals surface area contributed by atoms with Crippen LogP contribution in [-0.4, -0.2) is 35.0 Å². The predicted octanol–water partition coefficient (Wildman–Crippen LogP) is 14.9. The van der Waals surface area contributed by atoms with E-state index in [1.807, 2.05) is 54.5 Å². The maximum absolute atomic E-state index is 12.5. The minimum absolute atomic E-state index is 0. The second-order valence-corrected chi connectivity index (χ2v) is 23.8. The molecule has 6 aromatic carbocycles. The molecule has 0 unspecified atom stereocenters. The van der Waals surface area contributed by atoms with E-state index >= 15 is 0 Å². The number of rotatable bonds is 10. The van der Waals surface area contributed by atoms with E-state index in [0.29, 0.717) is 11.1 Å². The molecule has 0 aliphatic rings. The molecule has 0 radical (unpaired) electrons. The molecular formula is C59H55IrN4O3Si. The number of benzene rings is 6. The van der Waals surface area contributed by atoms with Gasteiger partial charge in [0.2, 0.25) is 0 Å². The molecule has 9 rings (SSSR count). The van der Waals surface area contributed by atoms with Crippen LogP contribution in [0, 0.1) is 26.0 Å². The van der Waals surface area contributed by atoms with Crippen molar-refractivity contribution in [1.82, 2.24) is 9.97 Å². The largest absolute Gasteiger partial charge is 3.00 e. The summed E-state index contributed by atoms with van der Waals surface area (Å²) in [6, 6.07) is 50.9. The first-order valence-corrected chi connectivity index (χ1v) is 26.2. The van der Waals surface area contributed by atoms with Gasteiger partial charge in [-0.1, -0.05) is 149 Å². The fraction of sp³-hybridized carbons (Fsp3) is 0.186. The van der Waals surface area contributed by atoms with Gasteiger partial charge in [-0.05, 0) is 105 Å². The maximum atomic E-state index is 12.5. The number of anilines is 2. The van der Waals surface area contributed by atoms with Crippen molar-refractivity contribution < 1.29 is 34.4 Å². The molecule has 0 spiro atoms. The molecular weight excluding hydrogens is 1030 g/mol. The van der Waals surface area contributed by atoms with Crippen molar-refractivity contribution in [1.29, 1.82) is 0 Å². The minimum Gasteiger partial charge on any atom is -0.520 e. The van der Waals surface area contributed by atoms with Crippen molar-refractivity contribution in [2.24, 2.45) is 0 Å². The molecule has 9 aromatic rings. The summed E-state index contributed by atoms with van der Waals surface area (Å²) in [6.07, 6.45) is 5.54. The number of aromatic nitrogens is 2. The van der Waals surface area contributed by atoms with Crippen molar-refractivity contribution in [2.75, 3.05) is 4.90 Å². The third-order valence-electron chi connectivity index (χ3n) is 12.2. The van der Waals surface area contributed by atoms with Crippen molar-refractivity contribution >= 4 is 58.4 Å². The summed E-state index contributed by atoms with van der Waals surface area (Å²) >= 11 is 0. The van der Waals surface area contributed by atoms with E-state index in [0.717, 1.165) is 55.7 Å². The molecule has 342 valence electrons. The Hall–Kier alpha value is -6.77. The standard InChI is InChI=1S/C44H39N3O.C15H16NO2Si.Ir/c1-27(2)38-23-29(5)24-39(28(3)4)42(38)47(40-21-22-46-26-30(40)6)44(45)37-14-10-13-36-35-20-19-34(25-41(35)48-43(36)37)33-17-15-32(16-18-33)31-11-8-7-9-12-31;1-19(2,3)13-8-9-14(16-10-13)11-4-6-12(7-5-11)15(17)18;/h7-13,15-28H,1-6H3;4,6-10H,1-3H3,(H,17,18);/q-2;-1;+3. The number of pyridine rings is 2. The van der Waals surface area contributed by atoms with Gasteiger partial charge in [0, 0.05) is 29.6 Å². The quantitative estimate of drug-likeness (QED) is 0.0634. The van der Waals surface area contributed by atoms with Gasteiger partial charge in [-0.15, -0.1) is 59.4 Å². The summed E-state index contributed by atoms with van der Waals surface area (Å²) in [7, 11) is -1.33. The van der Waals surface area contributed by atoms with Gasteiger partial charge in [-0.25, -0.2) is 0 Å². The zero-order valence-electron chi connectivity index (χ0n) is 40.0. The molecule has 0 saturated heterocycles. The van der Waals surface area contributed by atoms with Crippen LogP contribution in [0.2, 0.25) is 19.6 Å². The maximum Gasteiger partial charge on any atom is 3.00 e. The second-order valence-electron chi connectivity index (χ2n) is 18.8. The number of carbonyl (C=O) groups is 1. The van der Waals surface area contributed by atoms with E-state index in [1.54, 1.807) is 18.3 Å². The molecule has 0 aliphatic heterocycles. The van der Waals surface area contributed by atoms with Gasteiger partial charge in [0.25, 0.3) is 5.97 Å². The summed E-state index contributed by atoms with van der Waals surface area (Å²) in [5.41, 5.74) is 14.6. The third kappa shape index (κ3) is 10.4. The average molecular weight is 1090 g/mol. The monoisotopic (exact) mass is 1090 g/mol. The first kappa shape index (κ1) is 49.1. The van der Waals surface area contributed by atoms with E-state index in [2.05, 4.69) is 161 Å². The van der Waals surface area contributed by atoms with Crippen molar-refractivity contribution in [3.05, 3.63) is 203 Å².